The van der Waals surface area contributed by atoms with Gasteiger partial charge < -0.3 is 19.5 Å². The van der Waals surface area contributed by atoms with Gasteiger partial charge in [0.1, 0.15) is 11.2 Å². The number of aliphatic hydroxyl groups is 1. The van der Waals surface area contributed by atoms with Crippen molar-refractivity contribution in [3.05, 3.63) is 23.0 Å². The highest BCUT2D eigenvalue weighted by atomic mass is 35.5. The number of piperidine rings is 1. The first-order valence-electron chi connectivity index (χ1n) is 7.56. The molecule has 128 valence electrons. The molecule has 2 heterocycles. The Kier molecular flexibility index (Phi) is 5.06. The van der Waals surface area contributed by atoms with E-state index < -0.39 is 11.2 Å². The standard InChI is InChI=1S/C16H23ClN2O4/c1-15(2,3)23-14(20)19-9-7-16(21,8-10-19)12-6-5-11(22-4)13(17)18-12/h5-6,21H,7-10H2,1-4H3. The van der Waals surface area contributed by atoms with E-state index in [9.17, 15) is 9.90 Å². The summed E-state index contributed by atoms with van der Waals surface area (Å²) in [4.78, 5) is 17.9. The lowest BCUT2D eigenvalue weighted by molar-refractivity contribution is -0.0381. The third-order valence-electron chi connectivity index (χ3n) is 3.75. The van der Waals surface area contributed by atoms with Crippen LogP contribution in [0.15, 0.2) is 12.1 Å². The van der Waals surface area contributed by atoms with E-state index in [1.807, 2.05) is 20.8 Å². The molecule has 23 heavy (non-hydrogen) atoms. The number of halogens is 1. The first kappa shape index (κ1) is 17.8. The Morgan fingerprint density at radius 3 is 2.43 bits per heavy atom. The van der Waals surface area contributed by atoms with Gasteiger partial charge >= 0.3 is 6.09 Å². The molecule has 1 aliphatic heterocycles. The molecule has 1 aliphatic rings. The largest absolute Gasteiger partial charge is 0.494 e. The highest BCUT2D eigenvalue weighted by Crippen LogP contribution is 2.34. The third-order valence-corrected chi connectivity index (χ3v) is 4.02. The number of hydrogen-bond acceptors (Lipinski definition) is 5. The summed E-state index contributed by atoms with van der Waals surface area (Å²) in [7, 11) is 1.51. The third kappa shape index (κ3) is 4.26. The van der Waals surface area contributed by atoms with Gasteiger partial charge in [0.15, 0.2) is 10.9 Å². The molecule has 1 aromatic heterocycles. The molecule has 0 spiro atoms. The van der Waals surface area contributed by atoms with Gasteiger partial charge in [-0.2, -0.15) is 0 Å². The minimum atomic E-state index is -1.10. The zero-order valence-electron chi connectivity index (χ0n) is 13.9. The molecule has 1 saturated heterocycles. The lowest BCUT2D eigenvalue weighted by Gasteiger charge is -2.38. The van der Waals surface area contributed by atoms with Gasteiger partial charge in [-0.05, 0) is 45.7 Å². The minimum absolute atomic E-state index is 0.216. The van der Waals surface area contributed by atoms with Crippen LogP contribution in [-0.2, 0) is 10.3 Å². The first-order valence-corrected chi connectivity index (χ1v) is 7.94. The van der Waals surface area contributed by atoms with Gasteiger partial charge in [0.25, 0.3) is 0 Å². The lowest BCUT2D eigenvalue weighted by Crippen LogP contribution is -2.47. The van der Waals surface area contributed by atoms with Crippen LogP contribution >= 0.6 is 11.6 Å². The SMILES string of the molecule is COc1ccc(C2(O)CCN(C(=O)OC(C)(C)C)CC2)nc1Cl. The van der Waals surface area contributed by atoms with Crippen molar-refractivity contribution in [2.75, 3.05) is 20.2 Å². The normalized spacial score (nSPS) is 17.7. The van der Waals surface area contributed by atoms with Crippen LogP contribution in [0, 0.1) is 0 Å². The van der Waals surface area contributed by atoms with Crippen LogP contribution in [0.2, 0.25) is 5.15 Å². The number of carbonyl (C=O) groups excluding carboxylic acids is 1. The lowest BCUT2D eigenvalue weighted by atomic mass is 9.88. The Morgan fingerprint density at radius 1 is 1.35 bits per heavy atom. The molecular weight excluding hydrogens is 320 g/mol. The maximum atomic E-state index is 12.1. The van der Waals surface area contributed by atoms with E-state index in [1.165, 1.54) is 7.11 Å². The molecule has 0 atom stereocenters. The summed E-state index contributed by atoms with van der Waals surface area (Å²) in [5, 5.41) is 11.0. The van der Waals surface area contributed by atoms with Gasteiger partial charge in [-0.15, -0.1) is 0 Å². The Bertz CT molecular complexity index is 578. The number of amides is 1. The number of pyridine rings is 1. The molecule has 7 heteroatoms. The summed E-state index contributed by atoms with van der Waals surface area (Å²) in [6.07, 6.45) is 0.393. The maximum absolute atomic E-state index is 12.1. The van der Waals surface area contributed by atoms with Crippen LogP contribution in [0.5, 0.6) is 5.75 Å². The van der Waals surface area contributed by atoms with E-state index in [2.05, 4.69) is 4.98 Å². The summed E-state index contributed by atoms with van der Waals surface area (Å²) >= 11 is 6.03. The fraction of sp³-hybridized carbons (Fsp3) is 0.625. The van der Waals surface area contributed by atoms with Crippen LogP contribution in [0.25, 0.3) is 0 Å². The molecule has 0 radical (unpaired) electrons. The Hall–Kier alpha value is -1.53. The van der Waals surface area contributed by atoms with E-state index in [1.54, 1.807) is 17.0 Å². The van der Waals surface area contributed by atoms with E-state index in [0.29, 0.717) is 37.4 Å². The van der Waals surface area contributed by atoms with Crippen LogP contribution < -0.4 is 4.74 Å². The van der Waals surface area contributed by atoms with Crippen molar-refractivity contribution < 1.29 is 19.4 Å². The fourth-order valence-electron chi connectivity index (χ4n) is 2.47. The van der Waals surface area contributed by atoms with E-state index in [-0.39, 0.29) is 11.2 Å². The molecule has 1 amide bonds. The van der Waals surface area contributed by atoms with Crippen LogP contribution in [0.1, 0.15) is 39.3 Å². The highest BCUT2D eigenvalue weighted by molar-refractivity contribution is 6.30. The van der Waals surface area contributed by atoms with Crippen molar-refractivity contribution in [3.63, 3.8) is 0 Å². The van der Waals surface area contributed by atoms with Crippen molar-refractivity contribution in [3.8, 4) is 5.75 Å². The van der Waals surface area contributed by atoms with Gasteiger partial charge in [0.05, 0.1) is 12.8 Å². The number of methoxy groups -OCH3 is 1. The molecule has 1 N–H and O–H groups in total. The molecule has 1 fully saturated rings. The average Bonchev–Trinajstić information content (AvgIpc) is 2.46. The van der Waals surface area contributed by atoms with Crippen LogP contribution in [0.4, 0.5) is 4.79 Å². The summed E-state index contributed by atoms with van der Waals surface area (Å²) in [5.41, 5.74) is -1.14. The van der Waals surface area contributed by atoms with Crippen molar-refractivity contribution in [1.82, 2.24) is 9.88 Å². The zero-order chi connectivity index (χ0) is 17.3. The van der Waals surface area contributed by atoms with E-state index in [0.717, 1.165) is 0 Å². The van der Waals surface area contributed by atoms with Gasteiger partial charge in [-0.25, -0.2) is 9.78 Å². The summed E-state index contributed by atoms with van der Waals surface area (Å²) in [5.74, 6) is 0.463. The first-order chi connectivity index (χ1) is 10.6. The zero-order valence-corrected chi connectivity index (χ0v) is 14.7. The highest BCUT2D eigenvalue weighted by Gasteiger charge is 2.38. The number of nitrogens with zero attached hydrogens (tertiary/aromatic N) is 2. The van der Waals surface area contributed by atoms with Crippen LogP contribution in [-0.4, -0.2) is 46.9 Å². The second-order valence-electron chi connectivity index (χ2n) is 6.69. The van der Waals surface area contributed by atoms with Crippen molar-refractivity contribution in [2.24, 2.45) is 0 Å². The number of hydrogen-bond donors (Lipinski definition) is 1. The Balaban J connectivity index is 2.05. The predicted molar refractivity (Wildman–Crippen MR) is 86.7 cm³/mol. The molecule has 1 aromatic rings. The van der Waals surface area contributed by atoms with Crippen molar-refractivity contribution in [1.29, 1.82) is 0 Å². The summed E-state index contributed by atoms with van der Waals surface area (Å²) in [6.45, 7) is 6.28. The van der Waals surface area contributed by atoms with Gasteiger partial charge in [0.2, 0.25) is 0 Å². The molecule has 2 rings (SSSR count). The smallest absolute Gasteiger partial charge is 0.410 e. The quantitative estimate of drug-likeness (QED) is 0.836. The molecule has 6 nitrogen and oxygen atoms in total. The summed E-state index contributed by atoms with van der Waals surface area (Å²) < 4.78 is 10.4. The van der Waals surface area contributed by atoms with E-state index in [4.69, 9.17) is 21.1 Å². The summed E-state index contributed by atoms with van der Waals surface area (Å²) in [6, 6.07) is 3.39. The van der Waals surface area contributed by atoms with Gasteiger partial charge in [-0.3, -0.25) is 0 Å². The molecule has 0 aromatic carbocycles. The predicted octanol–water partition coefficient (Wildman–Crippen LogP) is 2.96. The van der Waals surface area contributed by atoms with Crippen molar-refractivity contribution >= 4 is 17.7 Å². The Labute approximate surface area is 141 Å². The van der Waals surface area contributed by atoms with Gasteiger partial charge in [-0.1, -0.05) is 11.6 Å². The number of carbonyl (C=O) groups is 1. The number of ether oxygens (including phenoxy) is 2. The number of aromatic nitrogens is 1. The second-order valence-corrected chi connectivity index (χ2v) is 7.05. The molecule has 0 saturated carbocycles. The molecule has 0 unspecified atom stereocenters. The monoisotopic (exact) mass is 342 g/mol. The molecular formula is C16H23ClN2O4. The molecule has 0 bridgehead atoms. The molecule has 0 aliphatic carbocycles. The second kappa shape index (κ2) is 6.53. The van der Waals surface area contributed by atoms with Crippen molar-refractivity contribution in [2.45, 2.75) is 44.8 Å². The van der Waals surface area contributed by atoms with E-state index >= 15 is 0 Å². The fourth-order valence-corrected chi connectivity index (χ4v) is 2.71. The maximum Gasteiger partial charge on any atom is 0.410 e. The topological polar surface area (TPSA) is 71.9 Å². The minimum Gasteiger partial charge on any atom is -0.494 e. The number of rotatable bonds is 2. The average molecular weight is 343 g/mol. The van der Waals surface area contributed by atoms with Crippen LogP contribution in [0.3, 0.4) is 0 Å². The number of likely N-dealkylation sites (tertiary alicyclic amines) is 1. The Morgan fingerprint density at radius 2 is 1.96 bits per heavy atom. The van der Waals surface area contributed by atoms with Gasteiger partial charge in [0, 0.05) is 13.1 Å².